The third-order valence-electron chi connectivity index (χ3n) is 16.3. The molecule has 0 fully saturated rings. The first-order valence-electron chi connectivity index (χ1n) is 34.1. The zero-order chi connectivity index (χ0) is 54.8. The Morgan fingerprint density at radius 2 is 0.467 bits per heavy atom. The first-order valence-corrected chi connectivity index (χ1v) is 34.1. The van der Waals surface area contributed by atoms with Crippen LogP contribution >= 0.6 is 0 Å². The Balaban J connectivity index is 4.28. The van der Waals surface area contributed by atoms with Gasteiger partial charge in [-0.3, -0.25) is 14.4 Å². The van der Waals surface area contributed by atoms with E-state index in [1.807, 2.05) is 0 Å². The van der Waals surface area contributed by atoms with Crippen molar-refractivity contribution in [2.75, 3.05) is 13.2 Å². The van der Waals surface area contributed by atoms with Crippen LogP contribution in [-0.4, -0.2) is 37.2 Å². The van der Waals surface area contributed by atoms with Crippen molar-refractivity contribution in [3.8, 4) is 0 Å². The van der Waals surface area contributed by atoms with Crippen molar-refractivity contribution >= 4 is 17.9 Å². The first kappa shape index (κ1) is 73.4. The van der Waals surface area contributed by atoms with Crippen LogP contribution in [0.15, 0.2) is 0 Å². The molecule has 0 N–H and O–H groups in total. The topological polar surface area (TPSA) is 78.9 Å². The molecule has 446 valence electrons. The van der Waals surface area contributed by atoms with E-state index in [0.29, 0.717) is 19.3 Å². The van der Waals surface area contributed by atoms with Crippen LogP contribution in [0.25, 0.3) is 0 Å². The summed E-state index contributed by atoms with van der Waals surface area (Å²) in [6.07, 6.45) is 66.8. The van der Waals surface area contributed by atoms with Crippen molar-refractivity contribution in [3.05, 3.63) is 0 Å². The molecule has 0 spiro atoms. The Bertz CT molecular complexity index is 1170. The molecule has 0 aliphatic carbocycles. The normalized spacial score (nSPS) is 12.5. The molecule has 0 saturated heterocycles. The number of hydrogen-bond donors (Lipinski definition) is 0. The molecule has 2 atom stereocenters. The largest absolute Gasteiger partial charge is 0.462 e. The van der Waals surface area contributed by atoms with Crippen LogP contribution < -0.4 is 0 Å². The van der Waals surface area contributed by atoms with E-state index in [9.17, 15) is 14.4 Å². The van der Waals surface area contributed by atoms with E-state index in [2.05, 4.69) is 41.5 Å². The van der Waals surface area contributed by atoms with Gasteiger partial charge in [-0.1, -0.05) is 350 Å². The zero-order valence-corrected chi connectivity index (χ0v) is 51.9. The first-order chi connectivity index (χ1) is 36.6. The van der Waals surface area contributed by atoms with Crippen molar-refractivity contribution in [2.45, 2.75) is 394 Å². The van der Waals surface area contributed by atoms with Crippen LogP contribution in [0, 0.1) is 17.8 Å². The van der Waals surface area contributed by atoms with Crippen LogP contribution in [-0.2, 0) is 28.6 Å². The Morgan fingerprint density at radius 3 is 0.693 bits per heavy atom. The minimum absolute atomic E-state index is 0.0620. The molecule has 0 aliphatic heterocycles. The van der Waals surface area contributed by atoms with E-state index >= 15 is 0 Å². The summed E-state index contributed by atoms with van der Waals surface area (Å²) in [5, 5.41) is 0. The quantitative estimate of drug-likeness (QED) is 0.0343. The number of unbranched alkanes of at least 4 members (excludes halogenated alkanes) is 44. The molecule has 75 heavy (non-hydrogen) atoms. The van der Waals surface area contributed by atoms with Gasteiger partial charge in [0.25, 0.3) is 0 Å². The second-order valence-electron chi connectivity index (χ2n) is 25.0. The number of hydrogen-bond acceptors (Lipinski definition) is 6. The summed E-state index contributed by atoms with van der Waals surface area (Å²) in [6, 6.07) is 0. The van der Waals surface area contributed by atoms with E-state index in [4.69, 9.17) is 14.2 Å². The lowest BCUT2D eigenvalue weighted by Gasteiger charge is -2.18. The molecule has 0 saturated carbocycles. The molecule has 6 heteroatoms. The maximum atomic E-state index is 12.9. The highest BCUT2D eigenvalue weighted by Crippen LogP contribution is 2.20. The molecular formula is C69H134O6. The maximum Gasteiger partial charge on any atom is 0.306 e. The van der Waals surface area contributed by atoms with E-state index in [1.54, 1.807) is 0 Å². The van der Waals surface area contributed by atoms with Crippen molar-refractivity contribution < 1.29 is 28.6 Å². The fourth-order valence-electron chi connectivity index (χ4n) is 10.7. The van der Waals surface area contributed by atoms with Gasteiger partial charge in [-0.15, -0.1) is 0 Å². The van der Waals surface area contributed by atoms with E-state index in [-0.39, 0.29) is 31.1 Å². The number of rotatable bonds is 62. The Hall–Kier alpha value is -1.59. The highest BCUT2D eigenvalue weighted by Gasteiger charge is 2.20. The molecule has 0 heterocycles. The molecule has 0 aromatic rings. The van der Waals surface area contributed by atoms with Crippen LogP contribution in [0.5, 0.6) is 0 Å². The Kier molecular flexibility index (Phi) is 58.8. The number of carbonyl (C=O) groups is 3. The fourth-order valence-corrected chi connectivity index (χ4v) is 10.7. The summed E-state index contributed by atoms with van der Waals surface area (Å²) in [5.41, 5.74) is 0. The van der Waals surface area contributed by atoms with Gasteiger partial charge in [0.15, 0.2) is 6.10 Å². The van der Waals surface area contributed by atoms with Crippen molar-refractivity contribution in [1.82, 2.24) is 0 Å². The van der Waals surface area contributed by atoms with Crippen LogP contribution in [0.2, 0.25) is 0 Å². The van der Waals surface area contributed by atoms with E-state index < -0.39 is 6.10 Å². The maximum absolute atomic E-state index is 12.9. The third kappa shape index (κ3) is 61.5. The SMILES string of the molecule is CCC(C)CCCCCCCCCCCCCCCCC(=O)OC[C@H](COC(=O)CCCCCCCCCCCCCCCCCCCCC(C)C)OC(=O)CCCCCCCCCCCCCCCCCC(C)C. The van der Waals surface area contributed by atoms with E-state index in [1.165, 1.54) is 270 Å². The number of ether oxygens (including phenoxy) is 3. The smallest absolute Gasteiger partial charge is 0.306 e. The van der Waals surface area contributed by atoms with Gasteiger partial charge in [-0.25, -0.2) is 0 Å². The average Bonchev–Trinajstić information content (AvgIpc) is 3.39. The molecule has 0 aliphatic rings. The summed E-state index contributed by atoms with van der Waals surface area (Å²) in [4.78, 5) is 38.4. The molecule has 0 aromatic carbocycles. The minimum Gasteiger partial charge on any atom is -0.462 e. The average molecular weight is 1060 g/mol. The fraction of sp³-hybridized carbons (Fsp3) is 0.957. The van der Waals surface area contributed by atoms with Gasteiger partial charge in [0.05, 0.1) is 0 Å². The summed E-state index contributed by atoms with van der Waals surface area (Å²) < 4.78 is 17.0. The monoisotopic (exact) mass is 1060 g/mol. The van der Waals surface area contributed by atoms with Gasteiger partial charge in [-0.05, 0) is 37.0 Å². The molecule has 0 amide bonds. The van der Waals surface area contributed by atoms with Gasteiger partial charge in [0.1, 0.15) is 13.2 Å². The summed E-state index contributed by atoms with van der Waals surface area (Å²) in [7, 11) is 0. The lowest BCUT2D eigenvalue weighted by molar-refractivity contribution is -0.167. The Labute approximate surface area is 469 Å². The third-order valence-corrected chi connectivity index (χ3v) is 16.3. The highest BCUT2D eigenvalue weighted by atomic mass is 16.6. The molecule has 0 radical (unpaired) electrons. The van der Waals surface area contributed by atoms with Crippen LogP contribution in [0.4, 0.5) is 0 Å². The summed E-state index contributed by atoms with van der Waals surface area (Å²) >= 11 is 0. The van der Waals surface area contributed by atoms with Crippen molar-refractivity contribution in [1.29, 1.82) is 0 Å². The molecule has 0 bridgehead atoms. The predicted octanol–water partition coefficient (Wildman–Crippen LogP) is 23.0. The van der Waals surface area contributed by atoms with Gasteiger partial charge in [-0.2, -0.15) is 0 Å². The summed E-state index contributed by atoms with van der Waals surface area (Å²) in [5.74, 6) is 1.77. The van der Waals surface area contributed by atoms with Gasteiger partial charge >= 0.3 is 17.9 Å². The molecule has 6 nitrogen and oxygen atoms in total. The van der Waals surface area contributed by atoms with Crippen LogP contribution in [0.1, 0.15) is 388 Å². The van der Waals surface area contributed by atoms with E-state index in [0.717, 1.165) is 75.5 Å². The van der Waals surface area contributed by atoms with Crippen molar-refractivity contribution in [3.63, 3.8) is 0 Å². The number of carbonyl (C=O) groups excluding carboxylic acids is 3. The highest BCUT2D eigenvalue weighted by molar-refractivity contribution is 5.71. The van der Waals surface area contributed by atoms with Gasteiger partial charge in [0, 0.05) is 19.3 Å². The predicted molar refractivity (Wildman–Crippen MR) is 326 cm³/mol. The molecule has 1 unspecified atom stereocenters. The zero-order valence-electron chi connectivity index (χ0n) is 51.9. The molecular weight excluding hydrogens is 925 g/mol. The van der Waals surface area contributed by atoms with Crippen molar-refractivity contribution in [2.24, 2.45) is 17.8 Å². The minimum atomic E-state index is -0.765. The van der Waals surface area contributed by atoms with Crippen LogP contribution in [0.3, 0.4) is 0 Å². The van der Waals surface area contributed by atoms with Gasteiger partial charge < -0.3 is 14.2 Å². The lowest BCUT2D eigenvalue weighted by Crippen LogP contribution is -2.30. The number of esters is 3. The lowest BCUT2D eigenvalue weighted by atomic mass is 9.99. The molecule has 0 aromatic heterocycles. The second-order valence-corrected chi connectivity index (χ2v) is 25.0. The standard InChI is InChI=1S/C69H134O6/c1-7-65(6)57-51-45-39-33-27-21-17-18-23-29-35-41-47-53-59-68(71)74-62-66(75-69(72)60-54-48-42-36-30-24-16-12-14-20-26-32-38-44-50-56-64(4)5)61-73-67(70)58-52-46-40-34-28-22-15-11-9-8-10-13-19-25-31-37-43-49-55-63(2)3/h63-66H,7-62H2,1-6H3/t65?,66-/m0/s1. The molecule has 0 rings (SSSR count). The van der Waals surface area contributed by atoms with Gasteiger partial charge in [0.2, 0.25) is 0 Å². The summed E-state index contributed by atoms with van der Waals surface area (Å²) in [6.45, 7) is 13.9. The second kappa shape index (κ2) is 60.1. The Morgan fingerprint density at radius 1 is 0.267 bits per heavy atom.